The van der Waals surface area contributed by atoms with Gasteiger partial charge in [-0.05, 0) is 24.1 Å². The molecular weight excluding hydrogens is 322 g/mol. The maximum absolute atomic E-state index is 13.8. The Kier molecular flexibility index (Phi) is 4.09. The minimum atomic E-state index is -0.946. The molecule has 1 aromatic heterocycles. The number of nitrogens with zero attached hydrogens (tertiary/aromatic N) is 3. The first-order chi connectivity index (χ1) is 12.8. The summed E-state index contributed by atoms with van der Waals surface area (Å²) < 4.78 is 1.78. The first-order valence-corrected chi connectivity index (χ1v) is 8.73. The van der Waals surface area contributed by atoms with Gasteiger partial charge in [0, 0.05) is 5.56 Å². The van der Waals surface area contributed by atoms with Crippen molar-refractivity contribution in [2.45, 2.75) is 18.9 Å². The Bertz CT molecular complexity index is 1040. The number of hydrogen-bond acceptors (Lipinski definition) is 3. The first-order valence-electron chi connectivity index (χ1n) is 8.73. The zero-order chi connectivity index (χ0) is 18.0. The standard InChI is InChI=1S/C22H19N3O/c1-2-22(18-13-7-4-8-14-18,21(26)17-11-5-3-6-12-17)25-20-16-10-9-15-19(20)23-24-25/h3-16H,2H2,1H3. The number of Topliss-reactive ketones (excluding diaryl/α,β-unsaturated/α-hetero) is 1. The zero-order valence-electron chi connectivity index (χ0n) is 14.5. The summed E-state index contributed by atoms with van der Waals surface area (Å²) in [6.45, 7) is 2.02. The van der Waals surface area contributed by atoms with Crippen molar-refractivity contribution in [2.75, 3.05) is 0 Å². The second kappa shape index (κ2) is 6.56. The number of para-hydroxylation sites is 1. The van der Waals surface area contributed by atoms with Crippen LogP contribution in [0.25, 0.3) is 11.0 Å². The fourth-order valence-corrected chi connectivity index (χ4v) is 3.56. The number of hydrogen-bond donors (Lipinski definition) is 0. The lowest BCUT2D eigenvalue weighted by Crippen LogP contribution is -2.43. The van der Waals surface area contributed by atoms with Crippen molar-refractivity contribution in [3.8, 4) is 0 Å². The van der Waals surface area contributed by atoms with E-state index in [0.717, 1.165) is 16.6 Å². The average Bonchev–Trinajstić information content (AvgIpc) is 3.15. The molecule has 0 aliphatic rings. The molecule has 0 fully saturated rings. The predicted octanol–water partition coefficient (Wildman–Crippen LogP) is 4.47. The molecule has 0 aliphatic carbocycles. The van der Waals surface area contributed by atoms with Crippen molar-refractivity contribution >= 4 is 16.8 Å². The second-order valence-electron chi connectivity index (χ2n) is 6.26. The summed E-state index contributed by atoms with van der Waals surface area (Å²) in [5.41, 5.74) is 2.26. The number of benzene rings is 3. The summed E-state index contributed by atoms with van der Waals surface area (Å²) in [5, 5.41) is 8.70. The summed E-state index contributed by atoms with van der Waals surface area (Å²) in [4.78, 5) is 13.8. The maximum atomic E-state index is 13.8. The van der Waals surface area contributed by atoms with Gasteiger partial charge in [0.15, 0.2) is 11.3 Å². The van der Waals surface area contributed by atoms with Crippen LogP contribution < -0.4 is 0 Å². The molecular formula is C22H19N3O. The summed E-state index contributed by atoms with van der Waals surface area (Å²) in [7, 11) is 0. The van der Waals surface area contributed by atoms with E-state index in [2.05, 4.69) is 10.3 Å². The molecule has 128 valence electrons. The van der Waals surface area contributed by atoms with Crippen LogP contribution >= 0.6 is 0 Å². The third-order valence-corrected chi connectivity index (χ3v) is 4.89. The van der Waals surface area contributed by atoms with Crippen LogP contribution in [0.1, 0.15) is 29.3 Å². The van der Waals surface area contributed by atoms with Gasteiger partial charge in [-0.15, -0.1) is 5.10 Å². The number of fused-ring (bicyclic) bond motifs is 1. The lowest BCUT2D eigenvalue weighted by Gasteiger charge is -2.32. The first kappa shape index (κ1) is 16.2. The zero-order valence-corrected chi connectivity index (χ0v) is 14.5. The number of carbonyl (C=O) groups is 1. The quantitative estimate of drug-likeness (QED) is 0.503. The van der Waals surface area contributed by atoms with E-state index in [1.165, 1.54) is 0 Å². The molecule has 0 bridgehead atoms. The smallest absolute Gasteiger partial charge is 0.195 e. The Morgan fingerprint density at radius 2 is 1.50 bits per heavy atom. The lowest BCUT2D eigenvalue weighted by atomic mass is 9.80. The lowest BCUT2D eigenvalue weighted by molar-refractivity contribution is 0.0835. The minimum absolute atomic E-state index is 0.0162. The van der Waals surface area contributed by atoms with Crippen molar-refractivity contribution in [1.82, 2.24) is 15.0 Å². The van der Waals surface area contributed by atoms with Gasteiger partial charge in [0.05, 0.1) is 5.52 Å². The van der Waals surface area contributed by atoms with E-state index < -0.39 is 5.54 Å². The van der Waals surface area contributed by atoms with Gasteiger partial charge >= 0.3 is 0 Å². The Balaban J connectivity index is 2.02. The van der Waals surface area contributed by atoms with Gasteiger partial charge in [0.2, 0.25) is 0 Å². The molecule has 0 saturated carbocycles. The molecule has 4 rings (SSSR count). The van der Waals surface area contributed by atoms with E-state index in [-0.39, 0.29) is 5.78 Å². The van der Waals surface area contributed by atoms with Crippen LogP contribution in [0.5, 0.6) is 0 Å². The number of ketones is 1. The van der Waals surface area contributed by atoms with Crippen LogP contribution in [0.4, 0.5) is 0 Å². The van der Waals surface area contributed by atoms with Gasteiger partial charge in [-0.1, -0.05) is 84.9 Å². The van der Waals surface area contributed by atoms with E-state index in [4.69, 9.17) is 0 Å². The summed E-state index contributed by atoms with van der Waals surface area (Å²) >= 11 is 0. The molecule has 4 nitrogen and oxygen atoms in total. The third-order valence-electron chi connectivity index (χ3n) is 4.89. The van der Waals surface area contributed by atoms with Crippen LogP contribution in [0.2, 0.25) is 0 Å². The van der Waals surface area contributed by atoms with E-state index >= 15 is 0 Å². The largest absolute Gasteiger partial charge is 0.291 e. The third kappa shape index (κ3) is 2.42. The number of rotatable bonds is 5. The Morgan fingerprint density at radius 1 is 0.885 bits per heavy atom. The molecule has 0 amide bonds. The summed E-state index contributed by atoms with van der Waals surface area (Å²) in [5.74, 6) is 0.0162. The van der Waals surface area contributed by atoms with Crippen LogP contribution in [0.3, 0.4) is 0 Å². The SMILES string of the molecule is CCC(C(=O)c1ccccc1)(c1ccccc1)n1nnc2ccccc21. The molecule has 0 saturated heterocycles. The molecule has 1 unspecified atom stereocenters. The van der Waals surface area contributed by atoms with E-state index in [9.17, 15) is 4.79 Å². The maximum Gasteiger partial charge on any atom is 0.195 e. The van der Waals surface area contributed by atoms with Crippen LogP contribution in [-0.4, -0.2) is 20.8 Å². The summed E-state index contributed by atoms with van der Waals surface area (Å²) in [6, 6.07) is 27.0. The molecule has 26 heavy (non-hydrogen) atoms. The van der Waals surface area contributed by atoms with E-state index in [0.29, 0.717) is 12.0 Å². The van der Waals surface area contributed by atoms with Crippen molar-refractivity contribution < 1.29 is 4.79 Å². The van der Waals surface area contributed by atoms with Crippen molar-refractivity contribution in [3.63, 3.8) is 0 Å². The molecule has 1 heterocycles. The fourth-order valence-electron chi connectivity index (χ4n) is 3.56. The Morgan fingerprint density at radius 3 is 2.19 bits per heavy atom. The molecule has 4 heteroatoms. The second-order valence-corrected chi connectivity index (χ2v) is 6.26. The number of aromatic nitrogens is 3. The Hall–Kier alpha value is -3.27. The highest BCUT2D eigenvalue weighted by Crippen LogP contribution is 2.35. The van der Waals surface area contributed by atoms with Gasteiger partial charge in [0.25, 0.3) is 0 Å². The van der Waals surface area contributed by atoms with E-state index in [1.54, 1.807) is 4.68 Å². The molecule has 0 spiro atoms. The highest BCUT2D eigenvalue weighted by molar-refractivity contribution is 6.04. The van der Waals surface area contributed by atoms with Gasteiger partial charge in [-0.3, -0.25) is 4.79 Å². The van der Waals surface area contributed by atoms with Gasteiger partial charge in [-0.25, -0.2) is 4.68 Å². The van der Waals surface area contributed by atoms with Crippen molar-refractivity contribution in [3.05, 3.63) is 96.1 Å². The fraction of sp³-hybridized carbons (Fsp3) is 0.136. The number of carbonyl (C=O) groups excluding carboxylic acids is 1. The monoisotopic (exact) mass is 341 g/mol. The van der Waals surface area contributed by atoms with Gasteiger partial charge in [-0.2, -0.15) is 0 Å². The van der Waals surface area contributed by atoms with Crippen LogP contribution in [-0.2, 0) is 5.54 Å². The van der Waals surface area contributed by atoms with Gasteiger partial charge < -0.3 is 0 Å². The molecule has 1 atom stereocenters. The van der Waals surface area contributed by atoms with Crippen LogP contribution in [0.15, 0.2) is 84.9 Å². The van der Waals surface area contributed by atoms with E-state index in [1.807, 2.05) is 91.9 Å². The topological polar surface area (TPSA) is 47.8 Å². The predicted molar refractivity (Wildman–Crippen MR) is 102 cm³/mol. The van der Waals surface area contributed by atoms with Gasteiger partial charge in [0.1, 0.15) is 5.52 Å². The highest BCUT2D eigenvalue weighted by Gasteiger charge is 2.43. The summed E-state index contributed by atoms with van der Waals surface area (Å²) in [6.07, 6.45) is 0.568. The average molecular weight is 341 g/mol. The van der Waals surface area contributed by atoms with Crippen molar-refractivity contribution in [1.29, 1.82) is 0 Å². The Labute approximate surface area is 152 Å². The normalized spacial score (nSPS) is 13.4. The molecule has 0 N–H and O–H groups in total. The molecule has 0 aliphatic heterocycles. The molecule has 4 aromatic rings. The highest BCUT2D eigenvalue weighted by atomic mass is 16.1. The molecule has 3 aromatic carbocycles. The minimum Gasteiger partial charge on any atom is -0.291 e. The van der Waals surface area contributed by atoms with Crippen LogP contribution in [0, 0.1) is 0 Å². The molecule has 0 radical (unpaired) electrons. The van der Waals surface area contributed by atoms with Crippen molar-refractivity contribution in [2.24, 2.45) is 0 Å².